The summed E-state index contributed by atoms with van der Waals surface area (Å²) >= 11 is 1.27. The zero-order valence-electron chi connectivity index (χ0n) is 16.4. The lowest BCUT2D eigenvalue weighted by atomic mass is 10.1. The number of thiazole rings is 1. The molecule has 0 saturated heterocycles. The third-order valence-corrected chi connectivity index (χ3v) is 5.51. The average Bonchev–Trinajstić information content (AvgIpc) is 3.28. The molecule has 0 atom stereocenters. The Morgan fingerprint density at radius 3 is 2.38 bits per heavy atom. The molecule has 0 spiro atoms. The third kappa shape index (κ3) is 3.31. The summed E-state index contributed by atoms with van der Waals surface area (Å²) in [6.45, 7) is 2.00. The van der Waals surface area contributed by atoms with Crippen molar-refractivity contribution in [2.45, 2.75) is 6.92 Å². The second-order valence-electron chi connectivity index (χ2n) is 6.38. The highest BCUT2D eigenvalue weighted by Gasteiger charge is 2.16. The van der Waals surface area contributed by atoms with Gasteiger partial charge < -0.3 is 14.2 Å². The minimum absolute atomic E-state index is 0.177. The van der Waals surface area contributed by atoms with E-state index in [0.717, 1.165) is 11.1 Å². The first kappa shape index (κ1) is 18.9. The highest BCUT2D eigenvalue weighted by molar-refractivity contribution is 7.15. The molecule has 0 amide bonds. The Balaban J connectivity index is 1.91. The second kappa shape index (κ2) is 7.56. The molecule has 7 nitrogen and oxygen atoms in total. The van der Waals surface area contributed by atoms with Gasteiger partial charge in [-0.1, -0.05) is 35.1 Å². The fourth-order valence-corrected chi connectivity index (χ4v) is 4.04. The maximum Gasteiger partial charge on any atom is 0.276 e. The number of methoxy groups -OCH3 is 3. The van der Waals surface area contributed by atoms with Crippen molar-refractivity contribution < 1.29 is 14.2 Å². The van der Waals surface area contributed by atoms with Gasteiger partial charge in [0, 0.05) is 17.2 Å². The van der Waals surface area contributed by atoms with Gasteiger partial charge in [-0.25, -0.2) is 4.40 Å². The topological polar surface area (TPSA) is 74.9 Å². The van der Waals surface area contributed by atoms with Gasteiger partial charge in [0.05, 0.1) is 25.9 Å². The maximum absolute atomic E-state index is 13.1. The van der Waals surface area contributed by atoms with Crippen LogP contribution >= 0.6 is 11.3 Å². The van der Waals surface area contributed by atoms with Crippen molar-refractivity contribution >= 4 is 22.4 Å². The molecule has 0 aliphatic carbocycles. The van der Waals surface area contributed by atoms with Crippen molar-refractivity contribution in [3.63, 3.8) is 0 Å². The van der Waals surface area contributed by atoms with E-state index in [2.05, 4.69) is 10.2 Å². The Hall–Kier alpha value is -3.39. The van der Waals surface area contributed by atoms with Crippen LogP contribution in [0.4, 0.5) is 0 Å². The summed E-state index contributed by atoms with van der Waals surface area (Å²) in [5, 5.41) is 8.39. The van der Waals surface area contributed by atoms with Crippen molar-refractivity contribution in [2.24, 2.45) is 0 Å². The molecule has 8 heteroatoms. The largest absolute Gasteiger partial charge is 0.496 e. The molecule has 4 aromatic rings. The van der Waals surface area contributed by atoms with E-state index in [9.17, 15) is 4.79 Å². The van der Waals surface area contributed by atoms with Crippen LogP contribution in [0.1, 0.15) is 11.1 Å². The van der Waals surface area contributed by atoms with Crippen molar-refractivity contribution in [3.8, 4) is 28.6 Å². The van der Waals surface area contributed by atoms with E-state index in [4.69, 9.17) is 14.2 Å². The number of hydrogen-bond donors (Lipinski definition) is 0. The molecule has 0 radical (unpaired) electrons. The van der Waals surface area contributed by atoms with Crippen molar-refractivity contribution in [2.75, 3.05) is 21.3 Å². The van der Waals surface area contributed by atoms with Crippen LogP contribution in [0.2, 0.25) is 0 Å². The van der Waals surface area contributed by atoms with Gasteiger partial charge in [0.15, 0.2) is 17.3 Å². The van der Waals surface area contributed by atoms with Crippen molar-refractivity contribution in [1.82, 2.24) is 14.6 Å². The molecule has 0 unspecified atom stereocenters. The summed E-state index contributed by atoms with van der Waals surface area (Å²) in [4.78, 5) is 13.7. The van der Waals surface area contributed by atoms with Gasteiger partial charge in [-0.3, -0.25) is 4.79 Å². The monoisotopic (exact) mass is 409 g/mol. The van der Waals surface area contributed by atoms with Crippen LogP contribution in [0.3, 0.4) is 0 Å². The average molecular weight is 409 g/mol. The fraction of sp³-hybridized carbons (Fsp3) is 0.190. The van der Waals surface area contributed by atoms with Gasteiger partial charge in [0.1, 0.15) is 5.75 Å². The number of hydrogen-bond acceptors (Lipinski definition) is 7. The molecule has 0 bridgehead atoms. The molecule has 148 valence electrons. The molecule has 0 aliphatic heterocycles. The van der Waals surface area contributed by atoms with Gasteiger partial charge in [-0.05, 0) is 25.1 Å². The van der Waals surface area contributed by atoms with E-state index >= 15 is 0 Å². The predicted molar refractivity (Wildman–Crippen MR) is 112 cm³/mol. The Morgan fingerprint density at radius 2 is 1.69 bits per heavy atom. The van der Waals surface area contributed by atoms with E-state index in [1.807, 2.05) is 31.2 Å². The van der Waals surface area contributed by atoms with Gasteiger partial charge in [0.2, 0.25) is 4.96 Å². The molecular weight excluding hydrogens is 390 g/mol. The van der Waals surface area contributed by atoms with E-state index in [1.165, 1.54) is 11.3 Å². The Kier molecular flexibility index (Phi) is 4.94. The molecule has 0 aliphatic rings. The number of ether oxygens (including phenoxy) is 3. The van der Waals surface area contributed by atoms with E-state index < -0.39 is 0 Å². The van der Waals surface area contributed by atoms with Crippen molar-refractivity contribution in [1.29, 1.82) is 0 Å². The zero-order chi connectivity index (χ0) is 20.5. The number of aryl methyl sites for hydroxylation is 1. The van der Waals surface area contributed by atoms with Gasteiger partial charge in [-0.2, -0.15) is 0 Å². The first-order chi connectivity index (χ1) is 14.0. The lowest BCUT2D eigenvalue weighted by Gasteiger charge is -2.11. The lowest BCUT2D eigenvalue weighted by Crippen LogP contribution is -2.23. The van der Waals surface area contributed by atoms with E-state index in [-0.39, 0.29) is 5.56 Å². The number of benzene rings is 2. The highest BCUT2D eigenvalue weighted by Crippen LogP contribution is 2.35. The standard InChI is InChI=1S/C21H19N3O4S/c1-12-6-5-7-13(8-12)19-22-23-21-24(19)20(25)18(29-21)10-14-9-16(27-3)17(28-4)11-15(14)26-2/h5-11H,1-4H3. The maximum atomic E-state index is 13.1. The third-order valence-electron chi connectivity index (χ3n) is 4.55. The quantitative estimate of drug-likeness (QED) is 0.505. The molecule has 29 heavy (non-hydrogen) atoms. The molecule has 2 aromatic heterocycles. The molecule has 0 N–H and O–H groups in total. The van der Waals surface area contributed by atoms with Crippen LogP contribution in [-0.4, -0.2) is 35.9 Å². The SMILES string of the molecule is COc1cc(OC)c(OC)cc1C=c1sc2nnc(-c3cccc(C)c3)n2c1=O. The Bertz CT molecular complexity index is 1310. The fourth-order valence-electron chi connectivity index (χ4n) is 3.14. The minimum Gasteiger partial charge on any atom is -0.496 e. The normalized spacial score (nSPS) is 11.8. The minimum atomic E-state index is -0.177. The first-order valence-electron chi connectivity index (χ1n) is 8.82. The summed E-state index contributed by atoms with van der Waals surface area (Å²) in [6, 6.07) is 11.3. The van der Waals surface area contributed by atoms with Crippen LogP contribution in [0.25, 0.3) is 22.4 Å². The highest BCUT2D eigenvalue weighted by atomic mass is 32.1. The number of rotatable bonds is 5. The van der Waals surface area contributed by atoms with Crippen LogP contribution < -0.4 is 24.3 Å². The summed E-state index contributed by atoms with van der Waals surface area (Å²) in [7, 11) is 4.69. The van der Waals surface area contributed by atoms with Crippen LogP contribution in [-0.2, 0) is 0 Å². The number of aromatic nitrogens is 3. The molecule has 2 heterocycles. The summed E-state index contributed by atoms with van der Waals surface area (Å²) in [5.74, 6) is 2.21. The lowest BCUT2D eigenvalue weighted by molar-refractivity contribution is 0.348. The van der Waals surface area contributed by atoms with Gasteiger partial charge in [0.25, 0.3) is 5.56 Å². The Labute approximate surface area is 170 Å². The van der Waals surface area contributed by atoms with Crippen LogP contribution in [0.15, 0.2) is 41.2 Å². The molecule has 0 saturated carbocycles. The summed E-state index contributed by atoms with van der Waals surface area (Å²) < 4.78 is 18.2. The van der Waals surface area contributed by atoms with Gasteiger partial charge >= 0.3 is 0 Å². The number of fused-ring (bicyclic) bond motifs is 1. The van der Waals surface area contributed by atoms with E-state index in [0.29, 0.717) is 38.1 Å². The molecule has 2 aromatic carbocycles. The van der Waals surface area contributed by atoms with Crippen LogP contribution in [0, 0.1) is 6.92 Å². The predicted octanol–water partition coefficient (Wildman–Crippen LogP) is 2.70. The molecular formula is C21H19N3O4S. The van der Waals surface area contributed by atoms with Crippen molar-refractivity contribution in [3.05, 3.63) is 62.4 Å². The first-order valence-corrected chi connectivity index (χ1v) is 9.64. The second-order valence-corrected chi connectivity index (χ2v) is 7.39. The Morgan fingerprint density at radius 1 is 0.966 bits per heavy atom. The molecule has 4 rings (SSSR count). The van der Waals surface area contributed by atoms with Gasteiger partial charge in [-0.15, -0.1) is 10.2 Å². The van der Waals surface area contributed by atoms with E-state index in [1.54, 1.807) is 43.9 Å². The summed E-state index contributed by atoms with van der Waals surface area (Å²) in [5.41, 5.74) is 2.46. The zero-order valence-corrected chi connectivity index (χ0v) is 17.2. The smallest absolute Gasteiger partial charge is 0.276 e. The summed E-state index contributed by atoms with van der Waals surface area (Å²) in [6.07, 6.45) is 1.77. The van der Waals surface area contributed by atoms with Crippen LogP contribution in [0.5, 0.6) is 17.2 Å². The number of nitrogens with zero attached hydrogens (tertiary/aromatic N) is 3. The molecule has 0 fully saturated rings.